The number of rotatable bonds is 3. The van der Waals surface area contributed by atoms with E-state index in [0.717, 1.165) is 25.3 Å². The minimum absolute atomic E-state index is 0. The van der Waals surface area contributed by atoms with Gasteiger partial charge in [0, 0.05) is 37.4 Å². The fourth-order valence-corrected chi connectivity index (χ4v) is 4.88. The molecule has 9 heteroatoms. The number of nitrogens with one attached hydrogen (secondary N) is 1. The van der Waals surface area contributed by atoms with Gasteiger partial charge in [-0.1, -0.05) is 0 Å². The number of nitrogens with zero attached hydrogens (tertiary/aromatic N) is 2. The molecule has 2 aromatic rings. The van der Waals surface area contributed by atoms with Crippen LogP contribution in [0.3, 0.4) is 0 Å². The van der Waals surface area contributed by atoms with Gasteiger partial charge in [0.05, 0.1) is 10.9 Å². The average Bonchev–Trinajstić information content (AvgIpc) is 3.30. The highest BCUT2D eigenvalue weighted by molar-refractivity contribution is 5.94. The number of hydrogen-bond acceptors (Lipinski definition) is 4. The third kappa shape index (κ3) is 3.09. The van der Waals surface area contributed by atoms with E-state index in [2.05, 4.69) is 12.2 Å². The average molecular weight is 426 g/mol. The number of carboxylic acids is 1. The molecule has 3 heterocycles. The first-order valence-corrected chi connectivity index (χ1v) is 9.66. The molecule has 0 bridgehead atoms. The number of halogens is 3. The first-order chi connectivity index (χ1) is 13.3. The second-order valence-corrected chi connectivity index (χ2v) is 8.31. The van der Waals surface area contributed by atoms with Gasteiger partial charge in [-0.05, 0) is 38.2 Å². The zero-order valence-corrected chi connectivity index (χ0v) is 16.6. The van der Waals surface area contributed by atoms with E-state index in [0.29, 0.717) is 25.0 Å². The summed E-state index contributed by atoms with van der Waals surface area (Å²) in [6.07, 6.45) is 3.72. The molecule has 0 spiro atoms. The largest absolute Gasteiger partial charge is 0.477 e. The smallest absolute Gasteiger partial charge is 0.341 e. The first kappa shape index (κ1) is 20.1. The van der Waals surface area contributed by atoms with Crippen molar-refractivity contribution >= 4 is 35.0 Å². The molecule has 2 N–H and O–H groups in total. The van der Waals surface area contributed by atoms with E-state index < -0.39 is 28.6 Å². The van der Waals surface area contributed by atoms with E-state index in [4.69, 9.17) is 0 Å². The molecule has 3 aliphatic rings. The third-order valence-electron chi connectivity index (χ3n) is 6.27. The lowest BCUT2D eigenvalue weighted by Gasteiger charge is -2.23. The minimum Gasteiger partial charge on any atom is -0.477 e. The van der Waals surface area contributed by atoms with Crippen molar-refractivity contribution in [2.45, 2.75) is 44.3 Å². The maximum absolute atomic E-state index is 15.6. The van der Waals surface area contributed by atoms with Crippen LogP contribution in [-0.4, -0.2) is 40.8 Å². The molecule has 1 saturated carbocycles. The maximum atomic E-state index is 15.6. The molecule has 2 saturated heterocycles. The standard InChI is InChI=1S/C20H21F2N3O3.ClH/c1-9-4-10-6-24(8-15(10)23-9)18-14(21)5-12-17(16(18)22)25(11-2-3-11)7-13(19(12)26)20(27)28;/h5,7,9-11,15,23H,2-4,6,8H2,1H3,(H,27,28);1H. The second-order valence-electron chi connectivity index (χ2n) is 8.31. The summed E-state index contributed by atoms with van der Waals surface area (Å²) in [6, 6.07) is 1.54. The Morgan fingerprint density at radius 2 is 2.00 bits per heavy atom. The Bertz CT molecular complexity index is 1060. The molecule has 0 amide bonds. The summed E-state index contributed by atoms with van der Waals surface area (Å²) in [6.45, 7) is 3.17. The van der Waals surface area contributed by atoms with Gasteiger partial charge in [-0.2, -0.15) is 0 Å². The number of pyridine rings is 1. The number of aromatic carboxylic acids is 1. The van der Waals surface area contributed by atoms with Crippen molar-refractivity contribution in [1.29, 1.82) is 0 Å². The summed E-state index contributed by atoms with van der Waals surface area (Å²) >= 11 is 0. The maximum Gasteiger partial charge on any atom is 0.341 e. The zero-order valence-electron chi connectivity index (χ0n) is 15.8. The van der Waals surface area contributed by atoms with E-state index in [1.165, 1.54) is 10.8 Å². The van der Waals surface area contributed by atoms with Gasteiger partial charge < -0.3 is 19.9 Å². The molecule has 156 valence electrons. The van der Waals surface area contributed by atoms with Crippen molar-refractivity contribution in [1.82, 2.24) is 9.88 Å². The van der Waals surface area contributed by atoms with Crippen molar-refractivity contribution in [3.63, 3.8) is 0 Å². The molecule has 1 aromatic heterocycles. The number of benzene rings is 1. The number of anilines is 1. The van der Waals surface area contributed by atoms with Crippen molar-refractivity contribution in [2.24, 2.45) is 5.92 Å². The molecule has 0 radical (unpaired) electrons. The summed E-state index contributed by atoms with van der Waals surface area (Å²) in [5.41, 5.74) is -1.42. The summed E-state index contributed by atoms with van der Waals surface area (Å²) in [5.74, 6) is -2.65. The van der Waals surface area contributed by atoms with Gasteiger partial charge in [0.25, 0.3) is 0 Å². The molecular weight excluding hydrogens is 404 g/mol. The SMILES string of the molecule is CC1CC2CN(c3c(F)cc4c(=O)c(C(=O)O)cn(C5CC5)c4c3F)CC2N1.Cl. The van der Waals surface area contributed by atoms with E-state index in [9.17, 15) is 19.1 Å². The van der Waals surface area contributed by atoms with Gasteiger partial charge >= 0.3 is 5.97 Å². The van der Waals surface area contributed by atoms with Crippen LogP contribution in [0.5, 0.6) is 0 Å². The topological polar surface area (TPSA) is 74.6 Å². The van der Waals surface area contributed by atoms with E-state index >= 15 is 4.39 Å². The van der Waals surface area contributed by atoms with Gasteiger partial charge in [-0.3, -0.25) is 4.79 Å². The molecule has 5 rings (SSSR count). The Hall–Kier alpha value is -2.19. The lowest BCUT2D eigenvalue weighted by atomic mass is 10.0. The Balaban J connectivity index is 0.00000205. The molecule has 1 aliphatic carbocycles. The van der Waals surface area contributed by atoms with E-state index in [-0.39, 0.29) is 41.1 Å². The predicted octanol–water partition coefficient (Wildman–Crippen LogP) is 2.92. The Labute approximate surface area is 171 Å². The second kappa shape index (κ2) is 6.95. The summed E-state index contributed by atoms with van der Waals surface area (Å²) in [5, 5.41) is 12.6. The van der Waals surface area contributed by atoms with Crippen LogP contribution in [0.4, 0.5) is 14.5 Å². The highest BCUT2D eigenvalue weighted by atomic mass is 35.5. The van der Waals surface area contributed by atoms with Crippen LogP contribution in [0.15, 0.2) is 17.1 Å². The van der Waals surface area contributed by atoms with Crippen LogP contribution in [0.2, 0.25) is 0 Å². The Morgan fingerprint density at radius 1 is 1.28 bits per heavy atom. The molecule has 3 fully saturated rings. The fourth-order valence-electron chi connectivity index (χ4n) is 4.88. The van der Waals surface area contributed by atoms with Gasteiger partial charge in [0.15, 0.2) is 5.82 Å². The highest BCUT2D eigenvalue weighted by Crippen LogP contribution is 2.41. The molecule has 2 aliphatic heterocycles. The summed E-state index contributed by atoms with van der Waals surface area (Å²) < 4.78 is 32.0. The lowest BCUT2D eigenvalue weighted by molar-refractivity contribution is 0.0694. The molecule has 1 aromatic carbocycles. The van der Waals surface area contributed by atoms with Crippen LogP contribution < -0.4 is 15.6 Å². The van der Waals surface area contributed by atoms with Crippen LogP contribution >= 0.6 is 12.4 Å². The van der Waals surface area contributed by atoms with Gasteiger partial charge in [0.1, 0.15) is 17.1 Å². The first-order valence-electron chi connectivity index (χ1n) is 9.66. The highest BCUT2D eigenvalue weighted by Gasteiger charge is 2.41. The zero-order chi connectivity index (χ0) is 19.7. The fraction of sp³-hybridized carbons (Fsp3) is 0.500. The predicted molar refractivity (Wildman–Crippen MR) is 107 cm³/mol. The number of carboxylic acid groups (broad SMARTS) is 1. The number of hydrogen-bond donors (Lipinski definition) is 2. The summed E-state index contributed by atoms with van der Waals surface area (Å²) in [7, 11) is 0. The van der Waals surface area contributed by atoms with Crippen LogP contribution in [0.25, 0.3) is 10.9 Å². The summed E-state index contributed by atoms with van der Waals surface area (Å²) in [4.78, 5) is 25.7. The molecule has 29 heavy (non-hydrogen) atoms. The van der Waals surface area contributed by atoms with Gasteiger partial charge in [-0.15, -0.1) is 12.4 Å². The molecule has 3 atom stereocenters. The van der Waals surface area contributed by atoms with Gasteiger partial charge in [0.2, 0.25) is 5.43 Å². The molecule has 3 unspecified atom stereocenters. The third-order valence-corrected chi connectivity index (χ3v) is 6.27. The van der Waals surface area contributed by atoms with Crippen molar-refractivity contribution < 1.29 is 18.7 Å². The Morgan fingerprint density at radius 3 is 2.62 bits per heavy atom. The van der Waals surface area contributed by atoms with Crippen LogP contribution in [0.1, 0.15) is 42.6 Å². The molecular formula is C20H22ClF2N3O3. The number of aromatic nitrogens is 1. The minimum atomic E-state index is -1.39. The van der Waals surface area contributed by atoms with E-state index in [1.807, 2.05) is 0 Å². The van der Waals surface area contributed by atoms with E-state index in [1.54, 1.807) is 4.90 Å². The monoisotopic (exact) mass is 425 g/mol. The quantitative estimate of drug-likeness (QED) is 0.791. The van der Waals surface area contributed by atoms with Crippen LogP contribution in [-0.2, 0) is 0 Å². The number of fused-ring (bicyclic) bond motifs is 2. The van der Waals surface area contributed by atoms with Crippen molar-refractivity contribution in [3.8, 4) is 0 Å². The van der Waals surface area contributed by atoms with Crippen molar-refractivity contribution in [3.05, 3.63) is 39.7 Å². The Kier molecular flexibility index (Phi) is 4.82. The molecule has 6 nitrogen and oxygen atoms in total. The lowest BCUT2D eigenvalue weighted by Crippen LogP contribution is -2.34. The van der Waals surface area contributed by atoms with Crippen LogP contribution in [0, 0.1) is 17.6 Å². The van der Waals surface area contributed by atoms with Crippen molar-refractivity contribution in [2.75, 3.05) is 18.0 Å². The number of carbonyl (C=O) groups is 1. The normalized spacial score (nSPS) is 25.9. The van der Waals surface area contributed by atoms with Gasteiger partial charge in [-0.25, -0.2) is 13.6 Å².